The van der Waals surface area contributed by atoms with Crippen LogP contribution in [0.5, 0.6) is 0 Å². The number of nitrogens with one attached hydrogen (secondary N) is 2. The van der Waals surface area contributed by atoms with Crippen molar-refractivity contribution in [3.63, 3.8) is 0 Å². The van der Waals surface area contributed by atoms with Crippen LogP contribution >= 0.6 is 0 Å². The molecule has 0 bridgehead atoms. The first-order valence-corrected chi connectivity index (χ1v) is 5.86. The van der Waals surface area contributed by atoms with Gasteiger partial charge in [0.15, 0.2) is 6.04 Å². The number of aliphatic hydroxyl groups excluding tert-OH is 1. The summed E-state index contributed by atoms with van der Waals surface area (Å²) < 4.78 is 0. The number of benzene rings is 1. The molecule has 0 aliphatic carbocycles. The third-order valence-electron chi connectivity index (χ3n) is 2.68. The van der Waals surface area contributed by atoms with E-state index in [0.29, 0.717) is 11.2 Å². The average Bonchev–Trinajstić information content (AvgIpc) is 2.45. The lowest BCUT2D eigenvalue weighted by Gasteiger charge is -2.13. The molecule has 0 unspecified atom stereocenters. The SMILES string of the molecule is O=C(Nc1cccc2ncccc12)N[C@H](CO)C(=O)O. The van der Waals surface area contributed by atoms with Gasteiger partial charge >= 0.3 is 12.0 Å². The normalized spacial score (nSPS) is 11.8. The monoisotopic (exact) mass is 275 g/mol. The molecular formula is C13H13N3O4. The highest BCUT2D eigenvalue weighted by atomic mass is 16.4. The Hall–Kier alpha value is -2.67. The maximum atomic E-state index is 11.7. The van der Waals surface area contributed by atoms with E-state index in [2.05, 4.69) is 15.6 Å². The minimum absolute atomic E-state index is 0.509. The molecule has 20 heavy (non-hydrogen) atoms. The summed E-state index contributed by atoms with van der Waals surface area (Å²) in [5.74, 6) is -1.30. The van der Waals surface area contributed by atoms with E-state index in [0.717, 1.165) is 5.39 Å². The van der Waals surface area contributed by atoms with Crippen LogP contribution in [-0.2, 0) is 4.79 Å². The number of carboxylic acid groups (broad SMARTS) is 1. The number of pyridine rings is 1. The first kappa shape index (κ1) is 13.8. The molecule has 7 heteroatoms. The van der Waals surface area contributed by atoms with Gasteiger partial charge in [0.1, 0.15) is 0 Å². The summed E-state index contributed by atoms with van der Waals surface area (Å²) in [6, 6.07) is 6.68. The highest BCUT2D eigenvalue weighted by molar-refractivity contribution is 6.01. The lowest BCUT2D eigenvalue weighted by Crippen LogP contribution is -2.45. The van der Waals surface area contributed by atoms with Crippen molar-refractivity contribution in [1.82, 2.24) is 10.3 Å². The van der Waals surface area contributed by atoms with Crippen LogP contribution < -0.4 is 10.6 Å². The summed E-state index contributed by atoms with van der Waals surface area (Å²) in [5, 5.41) is 23.0. The van der Waals surface area contributed by atoms with Gasteiger partial charge in [-0.2, -0.15) is 0 Å². The summed E-state index contributed by atoms with van der Waals surface area (Å²) >= 11 is 0. The molecule has 0 spiro atoms. The van der Waals surface area contributed by atoms with E-state index < -0.39 is 24.6 Å². The van der Waals surface area contributed by atoms with Gasteiger partial charge in [-0.25, -0.2) is 9.59 Å². The molecule has 1 aromatic carbocycles. The van der Waals surface area contributed by atoms with Crippen LogP contribution in [0.25, 0.3) is 10.9 Å². The molecule has 2 aromatic rings. The maximum Gasteiger partial charge on any atom is 0.328 e. The van der Waals surface area contributed by atoms with Crippen molar-refractivity contribution in [3.05, 3.63) is 36.5 Å². The zero-order chi connectivity index (χ0) is 14.5. The second kappa shape index (κ2) is 5.98. The highest BCUT2D eigenvalue weighted by Gasteiger charge is 2.18. The minimum Gasteiger partial charge on any atom is -0.480 e. The molecule has 4 N–H and O–H groups in total. The van der Waals surface area contributed by atoms with Gasteiger partial charge in [-0.3, -0.25) is 4.98 Å². The predicted molar refractivity (Wildman–Crippen MR) is 72.4 cm³/mol. The number of carbonyl (C=O) groups excluding carboxylic acids is 1. The number of rotatable bonds is 4. The topological polar surface area (TPSA) is 112 Å². The number of aromatic nitrogens is 1. The molecule has 1 heterocycles. The number of urea groups is 1. The van der Waals surface area contributed by atoms with Crippen molar-refractivity contribution in [1.29, 1.82) is 0 Å². The fraction of sp³-hybridized carbons (Fsp3) is 0.154. The number of carbonyl (C=O) groups is 2. The average molecular weight is 275 g/mol. The van der Waals surface area contributed by atoms with Gasteiger partial charge in [0.05, 0.1) is 17.8 Å². The number of carboxylic acids is 1. The maximum absolute atomic E-state index is 11.7. The Kier molecular flexibility index (Phi) is 4.11. The van der Waals surface area contributed by atoms with Crippen molar-refractivity contribution in [2.45, 2.75) is 6.04 Å². The Labute approximate surface area is 114 Å². The fourth-order valence-electron chi connectivity index (χ4n) is 1.71. The van der Waals surface area contributed by atoms with E-state index in [1.807, 2.05) is 0 Å². The summed E-state index contributed by atoms with van der Waals surface area (Å²) in [6.07, 6.45) is 1.64. The standard InChI is InChI=1S/C13H13N3O4/c17-7-11(12(18)19)16-13(20)15-10-5-1-4-9-8(10)3-2-6-14-9/h1-6,11,17H,7H2,(H,18,19)(H2,15,16,20)/t11-/m1/s1. The lowest BCUT2D eigenvalue weighted by molar-refractivity contribution is -0.140. The Balaban J connectivity index is 2.16. The molecule has 104 valence electrons. The van der Waals surface area contributed by atoms with Gasteiger partial charge in [0.25, 0.3) is 0 Å². The van der Waals surface area contributed by atoms with E-state index in [-0.39, 0.29) is 0 Å². The third-order valence-corrected chi connectivity index (χ3v) is 2.68. The Morgan fingerprint density at radius 3 is 2.75 bits per heavy atom. The van der Waals surface area contributed by atoms with Crippen LogP contribution in [-0.4, -0.2) is 39.8 Å². The number of aliphatic hydroxyl groups is 1. The number of anilines is 1. The van der Waals surface area contributed by atoms with Gasteiger partial charge in [0, 0.05) is 11.6 Å². The molecule has 2 rings (SSSR count). The first-order valence-electron chi connectivity index (χ1n) is 5.86. The van der Waals surface area contributed by atoms with E-state index in [1.165, 1.54) is 0 Å². The van der Waals surface area contributed by atoms with Crippen molar-refractivity contribution >= 4 is 28.6 Å². The Bertz CT molecular complexity index is 639. The van der Waals surface area contributed by atoms with E-state index in [1.54, 1.807) is 36.5 Å². The second-order valence-corrected chi connectivity index (χ2v) is 4.05. The summed E-state index contributed by atoms with van der Waals surface area (Å²) in [5.41, 5.74) is 1.22. The quantitative estimate of drug-likeness (QED) is 0.659. The van der Waals surface area contributed by atoms with Crippen LogP contribution in [0.3, 0.4) is 0 Å². The fourth-order valence-corrected chi connectivity index (χ4v) is 1.71. The summed E-state index contributed by atoms with van der Waals surface area (Å²) in [4.78, 5) is 26.6. The van der Waals surface area contributed by atoms with Crippen LogP contribution in [0.4, 0.5) is 10.5 Å². The number of nitrogens with zero attached hydrogens (tertiary/aromatic N) is 1. The molecule has 0 aliphatic rings. The van der Waals surface area contributed by atoms with E-state index in [9.17, 15) is 9.59 Å². The Morgan fingerprint density at radius 2 is 2.05 bits per heavy atom. The van der Waals surface area contributed by atoms with E-state index in [4.69, 9.17) is 10.2 Å². The molecule has 0 aliphatic heterocycles. The molecule has 0 radical (unpaired) electrons. The molecule has 1 aromatic heterocycles. The largest absolute Gasteiger partial charge is 0.480 e. The molecule has 0 saturated carbocycles. The van der Waals surface area contributed by atoms with E-state index >= 15 is 0 Å². The molecule has 0 saturated heterocycles. The molecule has 0 fully saturated rings. The zero-order valence-electron chi connectivity index (χ0n) is 10.4. The first-order chi connectivity index (χ1) is 9.61. The van der Waals surface area contributed by atoms with Crippen LogP contribution in [0, 0.1) is 0 Å². The smallest absolute Gasteiger partial charge is 0.328 e. The van der Waals surface area contributed by atoms with Crippen molar-refractivity contribution in [2.24, 2.45) is 0 Å². The van der Waals surface area contributed by atoms with Gasteiger partial charge in [0.2, 0.25) is 0 Å². The Morgan fingerprint density at radius 1 is 1.25 bits per heavy atom. The molecule has 7 nitrogen and oxygen atoms in total. The van der Waals surface area contributed by atoms with Crippen LogP contribution in [0.15, 0.2) is 36.5 Å². The number of aliphatic carboxylic acids is 1. The van der Waals surface area contributed by atoms with Gasteiger partial charge in [-0.15, -0.1) is 0 Å². The molecule has 2 amide bonds. The number of hydrogen-bond donors (Lipinski definition) is 4. The number of hydrogen-bond acceptors (Lipinski definition) is 4. The number of amides is 2. The van der Waals surface area contributed by atoms with Crippen molar-refractivity contribution in [2.75, 3.05) is 11.9 Å². The lowest BCUT2D eigenvalue weighted by atomic mass is 10.2. The predicted octanol–water partition coefficient (Wildman–Crippen LogP) is 0.802. The minimum atomic E-state index is -1.34. The third kappa shape index (κ3) is 3.01. The highest BCUT2D eigenvalue weighted by Crippen LogP contribution is 2.20. The van der Waals surface area contributed by atoms with Crippen LogP contribution in [0.2, 0.25) is 0 Å². The number of fused-ring (bicyclic) bond motifs is 1. The van der Waals surface area contributed by atoms with Gasteiger partial charge < -0.3 is 20.8 Å². The molecular weight excluding hydrogens is 262 g/mol. The molecule has 1 atom stereocenters. The second-order valence-electron chi connectivity index (χ2n) is 4.05. The zero-order valence-corrected chi connectivity index (χ0v) is 10.4. The van der Waals surface area contributed by atoms with Crippen molar-refractivity contribution < 1.29 is 19.8 Å². The van der Waals surface area contributed by atoms with Gasteiger partial charge in [-0.05, 0) is 24.3 Å². The van der Waals surface area contributed by atoms with Crippen LogP contribution in [0.1, 0.15) is 0 Å². The summed E-state index contributed by atoms with van der Waals surface area (Å²) in [7, 11) is 0. The van der Waals surface area contributed by atoms with Crippen molar-refractivity contribution in [3.8, 4) is 0 Å². The summed E-state index contributed by atoms with van der Waals surface area (Å²) in [6.45, 7) is -0.681. The van der Waals surface area contributed by atoms with Gasteiger partial charge in [-0.1, -0.05) is 6.07 Å².